The van der Waals surface area contributed by atoms with Gasteiger partial charge in [0.15, 0.2) is 0 Å². The first-order chi connectivity index (χ1) is 15.2. The molecule has 1 amide bonds. The molecule has 6 heteroatoms. The molecular formula is C25H27N3O3. The Balaban J connectivity index is 1.51. The second-order valence-electron chi connectivity index (χ2n) is 7.60. The van der Waals surface area contributed by atoms with Crippen molar-refractivity contribution in [1.29, 1.82) is 0 Å². The van der Waals surface area contributed by atoms with Crippen molar-refractivity contribution in [3.63, 3.8) is 0 Å². The van der Waals surface area contributed by atoms with Gasteiger partial charge in [-0.05, 0) is 35.2 Å². The molecule has 1 N–H and O–H groups in total. The number of hydrogen-bond donors (Lipinski definition) is 1. The van der Waals surface area contributed by atoms with Crippen LogP contribution in [0.2, 0.25) is 0 Å². The summed E-state index contributed by atoms with van der Waals surface area (Å²) in [6, 6.07) is 17.9. The Bertz CT molecular complexity index is 1020. The van der Waals surface area contributed by atoms with Crippen molar-refractivity contribution in [2.45, 2.75) is 19.0 Å². The molecule has 0 spiro atoms. The number of carbonyl (C=O) groups excluding carboxylic acids is 1. The molecule has 0 bridgehead atoms. The number of aromatic nitrogens is 1. The number of rotatable bonds is 7. The van der Waals surface area contributed by atoms with Gasteiger partial charge in [0.1, 0.15) is 11.5 Å². The predicted octanol–water partition coefficient (Wildman–Crippen LogP) is 3.31. The van der Waals surface area contributed by atoms with E-state index in [1.807, 2.05) is 36.5 Å². The van der Waals surface area contributed by atoms with E-state index in [-0.39, 0.29) is 11.9 Å². The highest BCUT2D eigenvalue weighted by atomic mass is 16.5. The lowest BCUT2D eigenvalue weighted by atomic mass is 9.98. The van der Waals surface area contributed by atoms with Crippen molar-refractivity contribution in [2.24, 2.45) is 0 Å². The molecule has 0 radical (unpaired) electrons. The van der Waals surface area contributed by atoms with E-state index in [0.29, 0.717) is 19.5 Å². The van der Waals surface area contributed by atoms with E-state index in [4.69, 9.17) is 9.47 Å². The van der Waals surface area contributed by atoms with E-state index in [0.717, 1.165) is 40.3 Å². The summed E-state index contributed by atoms with van der Waals surface area (Å²) in [6.45, 7) is 2.08. The number of hydrogen-bond acceptors (Lipinski definition) is 5. The highest BCUT2D eigenvalue weighted by Crippen LogP contribution is 2.27. The first kappa shape index (κ1) is 20.9. The molecule has 2 heterocycles. The Morgan fingerprint density at radius 1 is 1.06 bits per heavy atom. The van der Waals surface area contributed by atoms with Crippen LogP contribution in [-0.4, -0.2) is 49.1 Å². The fourth-order valence-electron chi connectivity index (χ4n) is 3.96. The maximum absolute atomic E-state index is 12.7. The Kier molecular flexibility index (Phi) is 6.48. The van der Waals surface area contributed by atoms with Crippen molar-refractivity contribution in [1.82, 2.24) is 15.2 Å². The van der Waals surface area contributed by atoms with E-state index < -0.39 is 0 Å². The van der Waals surface area contributed by atoms with E-state index in [9.17, 15) is 4.79 Å². The molecule has 1 aliphatic heterocycles. The second kappa shape index (κ2) is 9.62. The van der Waals surface area contributed by atoms with Gasteiger partial charge in [0.25, 0.3) is 0 Å². The average molecular weight is 418 g/mol. The zero-order valence-electron chi connectivity index (χ0n) is 17.9. The molecule has 0 aliphatic carbocycles. The summed E-state index contributed by atoms with van der Waals surface area (Å²) in [5.41, 5.74) is 4.36. The number of piperazine rings is 1. The number of amides is 1. The number of ether oxygens (including phenoxy) is 2. The van der Waals surface area contributed by atoms with Crippen molar-refractivity contribution in [2.75, 3.05) is 27.3 Å². The lowest BCUT2D eigenvalue weighted by Crippen LogP contribution is -2.55. The molecular weight excluding hydrogens is 390 g/mol. The molecule has 6 nitrogen and oxygen atoms in total. The number of benzene rings is 2. The Morgan fingerprint density at radius 2 is 1.90 bits per heavy atom. The first-order valence-electron chi connectivity index (χ1n) is 10.4. The van der Waals surface area contributed by atoms with Gasteiger partial charge in [-0.3, -0.25) is 14.7 Å². The normalized spacial score (nSPS) is 16.6. The number of pyridine rings is 1. The first-order valence-corrected chi connectivity index (χ1v) is 10.4. The van der Waals surface area contributed by atoms with Gasteiger partial charge in [0, 0.05) is 43.7 Å². The highest BCUT2D eigenvalue weighted by molar-refractivity contribution is 5.82. The van der Waals surface area contributed by atoms with E-state index in [1.165, 1.54) is 0 Å². The molecule has 1 saturated heterocycles. The third-order valence-electron chi connectivity index (χ3n) is 5.69. The largest absolute Gasteiger partial charge is 0.497 e. The van der Waals surface area contributed by atoms with Crippen molar-refractivity contribution in [3.8, 4) is 22.6 Å². The molecule has 4 rings (SSSR count). The Hall–Kier alpha value is -3.38. The zero-order chi connectivity index (χ0) is 21.6. The summed E-state index contributed by atoms with van der Waals surface area (Å²) in [6.07, 6.45) is 4.27. The fraction of sp³-hybridized carbons (Fsp3) is 0.280. The average Bonchev–Trinajstić information content (AvgIpc) is 2.82. The summed E-state index contributed by atoms with van der Waals surface area (Å²) < 4.78 is 10.9. The summed E-state index contributed by atoms with van der Waals surface area (Å²) in [5, 5.41) is 3.01. The zero-order valence-corrected chi connectivity index (χ0v) is 17.9. The van der Waals surface area contributed by atoms with Crippen LogP contribution in [0.4, 0.5) is 0 Å². The van der Waals surface area contributed by atoms with Gasteiger partial charge < -0.3 is 14.8 Å². The Labute approximate surface area is 182 Å². The molecule has 1 fully saturated rings. The van der Waals surface area contributed by atoms with Crippen molar-refractivity contribution < 1.29 is 14.3 Å². The third-order valence-corrected chi connectivity index (χ3v) is 5.69. The van der Waals surface area contributed by atoms with Crippen LogP contribution in [0.3, 0.4) is 0 Å². The topological polar surface area (TPSA) is 63.7 Å². The van der Waals surface area contributed by atoms with Crippen LogP contribution in [0.15, 0.2) is 67.0 Å². The SMILES string of the molecule is COc1ccc(CN2CCNC(=O)[C@H]2Cc2ccc(-c3cccnc3)cc2)c(OC)c1. The number of methoxy groups -OCH3 is 2. The molecule has 1 atom stereocenters. The molecule has 2 aromatic carbocycles. The van der Waals surface area contributed by atoms with E-state index >= 15 is 0 Å². The van der Waals surface area contributed by atoms with Crippen LogP contribution in [0.5, 0.6) is 11.5 Å². The molecule has 1 aliphatic rings. The van der Waals surface area contributed by atoms with E-state index in [1.54, 1.807) is 20.4 Å². The van der Waals surface area contributed by atoms with Crippen LogP contribution >= 0.6 is 0 Å². The summed E-state index contributed by atoms with van der Waals surface area (Å²) in [5.74, 6) is 1.59. The van der Waals surface area contributed by atoms with Crippen molar-refractivity contribution >= 4 is 5.91 Å². The number of nitrogens with zero attached hydrogens (tertiary/aromatic N) is 2. The molecule has 160 valence electrons. The van der Waals surface area contributed by atoms with Crippen LogP contribution in [0, 0.1) is 0 Å². The van der Waals surface area contributed by atoms with Gasteiger partial charge in [-0.25, -0.2) is 0 Å². The van der Waals surface area contributed by atoms with Crippen LogP contribution in [-0.2, 0) is 17.8 Å². The van der Waals surface area contributed by atoms with Gasteiger partial charge >= 0.3 is 0 Å². The quantitative estimate of drug-likeness (QED) is 0.639. The maximum atomic E-state index is 12.7. The lowest BCUT2D eigenvalue weighted by Gasteiger charge is -2.35. The van der Waals surface area contributed by atoms with Gasteiger partial charge in [0.05, 0.1) is 20.3 Å². The minimum Gasteiger partial charge on any atom is -0.497 e. The van der Waals surface area contributed by atoms with Crippen molar-refractivity contribution in [3.05, 3.63) is 78.1 Å². The molecule has 31 heavy (non-hydrogen) atoms. The summed E-state index contributed by atoms with van der Waals surface area (Å²) >= 11 is 0. The van der Waals surface area contributed by atoms with Gasteiger partial charge in [-0.15, -0.1) is 0 Å². The van der Waals surface area contributed by atoms with Gasteiger partial charge in [0.2, 0.25) is 5.91 Å². The predicted molar refractivity (Wildman–Crippen MR) is 120 cm³/mol. The molecule has 1 aromatic heterocycles. The Morgan fingerprint density at radius 3 is 2.61 bits per heavy atom. The number of nitrogens with one attached hydrogen (secondary N) is 1. The van der Waals surface area contributed by atoms with Gasteiger partial charge in [-0.1, -0.05) is 36.4 Å². The van der Waals surface area contributed by atoms with Crippen LogP contribution in [0.1, 0.15) is 11.1 Å². The molecule has 0 saturated carbocycles. The number of carbonyl (C=O) groups is 1. The minimum absolute atomic E-state index is 0.0649. The van der Waals surface area contributed by atoms with E-state index in [2.05, 4.69) is 39.5 Å². The second-order valence-corrected chi connectivity index (χ2v) is 7.60. The van der Waals surface area contributed by atoms with Crippen LogP contribution < -0.4 is 14.8 Å². The lowest BCUT2D eigenvalue weighted by molar-refractivity contribution is -0.129. The van der Waals surface area contributed by atoms with Crippen LogP contribution in [0.25, 0.3) is 11.1 Å². The molecule has 3 aromatic rings. The maximum Gasteiger partial charge on any atom is 0.237 e. The highest BCUT2D eigenvalue weighted by Gasteiger charge is 2.30. The molecule has 0 unspecified atom stereocenters. The monoisotopic (exact) mass is 417 g/mol. The smallest absolute Gasteiger partial charge is 0.237 e. The third kappa shape index (κ3) is 4.86. The summed E-state index contributed by atoms with van der Waals surface area (Å²) in [7, 11) is 3.29. The van der Waals surface area contributed by atoms with Gasteiger partial charge in [-0.2, -0.15) is 0 Å². The summed E-state index contributed by atoms with van der Waals surface area (Å²) in [4.78, 5) is 19.1. The fourth-order valence-corrected chi connectivity index (χ4v) is 3.96. The standard InChI is InChI=1S/C25H27N3O3/c1-30-22-10-9-21(24(15-22)31-2)17-28-13-12-27-25(29)23(28)14-18-5-7-19(8-6-18)20-4-3-11-26-16-20/h3-11,15-16,23H,12-14,17H2,1-2H3,(H,27,29)/t23-/m1/s1. The minimum atomic E-state index is -0.232.